The number of rotatable bonds is 5. The van der Waals surface area contributed by atoms with Crippen LogP contribution in [0.2, 0.25) is 0 Å². The highest BCUT2D eigenvalue weighted by molar-refractivity contribution is 7.20. The predicted octanol–water partition coefficient (Wildman–Crippen LogP) is 2.65. The molecule has 1 aliphatic rings. The second-order valence-corrected chi connectivity index (χ2v) is 7.51. The zero-order chi connectivity index (χ0) is 15.6. The summed E-state index contributed by atoms with van der Waals surface area (Å²) in [7, 11) is 0. The van der Waals surface area contributed by atoms with Crippen molar-refractivity contribution in [3.63, 3.8) is 0 Å². The number of hydrogen-bond donors (Lipinski definition) is 1. The lowest BCUT2D eigenvalue weighted by Gasteiger charge is -2.34. The molecule has 6 nitrogen and oxygen atoms in total. The standard InChI is InChI=1S/C15H19N5OS2/c1-11-10-20-15(17-11)23-14(18-20)16-9-12(13-3-2-8-22-13)19-4-6-21-7-5-19/h2-3,8,10,12H,4-7,9H2,1H3,(H,16,18)/t12-/m0/s1. The van der Waals surface area contributed by atoms with Gasteiger partial charge in [-0.05, 0) is 18.4 Å². The molecule has 0 aromatic carbocycles. The van der Waals surface area contributed by atoms with Crippen LogP contribution in [0.4, 0.5) is 5.13 Å². The number of ether oxygens (including phenoxy) is 1. The van der Waals surface area contributed by atoms with E-state index in [1.54, 1.807) is 11.3 Å². The molecule has 3 aromatic heterocycles. The molecule has 1 atom stereocenters. The summed E-state index contributed by atoms with van der Waals surface area (Å²) in [5.41, 5.74) is 1.00. The van der Waals surface area contributed by atoms with E-state index >= 15 is 0 Å². The van der Waals surface area contributed by atoms with Gasteiger partial charge in [0, 0.05) is 24.5 Å². The van der Waals surface area contributed by atoms with Gasteiger partial charge in [-0.3, -0.25) is 4.90 Å². The fourth-order valence-electron chi connectivity index (χ4n) is 2.84. The molecule has 122 valence electrons. The highest BCUT2D eigenvalue weighted by atomic mass is 32.1. The molecule has 0 spiro atoms. The molecule has 1 aliphatic heterocycles. The zero-order valence-corrected chi connectivity index (χ0v) is 14.6. The Morgan fingerprint density at radius 3 is 3.00 bits per heavy atom. The van der Waals surface area contributed by atoms with Gasteiger partial charge in [0.05, 0.1) is 31.1 Å². The van der Waals surface area contributed by atoms with Gasteiger partial charge in [-0.25, -0.2) is 9.50 Å². The van der Waals surface area contributed by atoms with Crippen LogP contribution in [0.5, 0.6) is 0 Å². The first-order valence-corrected chi connectivity index (χ1v) is 9.41. The first kappa shape index (κ1) is 15.1. The monoisotopic (exact) mass is 349 g/mol. The Labute approximate surface area is 142 Å². The second kappa shape index (κ2) is 6.56. The molecule has 23 heavy (non-hydrogen) atoms. The number of nitrogens with zero attached hydrogens (tertiary/aromatic N) is 4. The molecule has 8 heteroatoms. The topological polar surface area (TPSA) is 54.7 Å². The average molecular weight is 349 g/mol. The number of aromatic nitrogens is 3. The average Bonchev–Trinajstić information content (AvgIpc) is 3.25. The first-order chi connectivity index (χ1) is 11.3. The maximum Gasteiger partial charge on any atom is 0.214 e. The molecule has 1 saturated heterocycles. The van der Waals surface area contributed by atoms with E-state index in [2.05, 4.69) is 37.8 Å². The number of thiophene rings is 1. The fraction of sp³-hybridized carbons (Fsp3) is 0.467. The molecular formula is C15H19N5OS2. The maximum atomic E-state index is 5.49. The quantitative estimate of drug-likeness (QED) is 0.767. The van der Waals surface area contributed by atoms with Crippen LogP contribution in [0.1, 0.15) is 16.6 Å². The van der Waals surface area contributed by atoms with Crippen LogP contribution in [0.15, 0.2) is 23.7 Å². The van der Waals surface area contributed by atoms with Gasteiger partial charge in [0.1, 0.15) is 0 Å². The minimum atomic E-state index is 0.358. The highest BCUT2D eigenvalue weighted by Gasteiger charge is 2.23. The number of anilines is 1. The highest BCUT2D eigenvalue weighted by Crippen LogP contribution is 2.27. The van der Waals surface area contributed by atoms with E-state index in [4.69, 9.17) is 4.74 Å². The number of hydrogen-bond acceptors (Lipinski definition) is 7. The lowest BCUT2D eigenvalue weighted by Crippen LogP contribution is -2.41. The normalized spacial score (nSPS) is 17.6. The van der Waals surface area contributed by atoms with Gasteiger partial charge >= 0.3 is 0 Å². The van der Waals surface area contributed by atoms with E-state index in [1.165, 1.54) is 4.88 Å². The van der Waals surface area contributed by atoms with Gasteiger partial charge < -0.3 is 10.1 Å². The lowest BCUT2D eigenvalue weighted by molar-refractivity contribution is 0.0194. The van der Waals surface area contributed by atoms with E-state index in [0.717, 1.165) is 48.6 Å². The van der Waals surface area contributed by atoms with Gasteiger partial charge in [-0.1, -0.05) is 17.4 Å². The Bertz CT molecular complexity index is 729. The van der Waals surface area contributed by atoms with Crippen LogP contribution in [0, 0.1) is 6.92 Å². The summed E-state index contributed by atoms with van der Waals surface area (Å²) in [4.78, 5) is 9.27. The summed E-state index contributed by atoms with van der Waals surface area (Å²) in [5, 5.41) is 11.1. The third kappa shape index (κ3) is 3.25. The van der Waals surface area contributed by atoms with Crippen LogP contribution in [-0.4, -0.2) is 52.3 Å². The molecule has 3 aromatic rings. The molecule has 0 aliphatic carbocycles. The summed E-state index contributed by atoms with van der Waals surface area (Å²) >= 11 is 3.41. The Morgan fingerprint density at radius 1 is 1.39 bits per heavy atom. The summed E-state index contributed by atoms with van der Waals surface area (Å²) in [6, 6.07) is 4.69. The summed E-state index contributed by atoms with van der Waals surface area (Å²) in [6.45, 7) is 6.41. The van der Waals surface area contributed by atoms with Crippen molar-refractivity contribution in [2.24, 2.45) is 0 Å². The lowest BCUT2D eigenvalue weighted by atomic mass is 10.2. The van der Waals surface area contributed by atoms with Crippen LogP contribution in [-0.2, 0) is 4.74 Å². The van der Waals surface area contributed by atoms with E-state index in [-0.39, 0.29) is 0 Å². The SMILES string of the molecule is Cc1cn2nc(NC[C@@H](c3cccs3)N3CCOCC3)sc2n1. The zero-order valence-electron chi connectivity index (χ0n) is 12.9. The molecule has 0 radical (unpaired) electrons. The maximum absolute atomic E-state index is 5.49. The second-order valence-electron chi connectivity index (χ2n) is 5.58. The Morgan fingerprint density at radius 2 is 2.26 bits per heavy atom. The third-order valence-corrected chi connectivity index (χ3v) is 5.82. The fourth-order valence-corrected chi connectivity index (χ4v) is 4.54. The van der Waals surface area contributed by atoms with Crippen molar-refractivity contribution in [2.45, 2.75) is 13.0 Å². The van der Waals surface area contributed by atoms with Crippen molar-refractivity contribution in [3.05, 3.63) is 34.3 Å². The van der Waals surface area contributed by atoms with Crippen molar-refractivity contribution in [3.8, 4) is 0 Å². The summed E-state index contributed by atoms with van der Waals surface area (Å²) in [5.74, 6) is 0. The van der Waals surface area contributed by atoms with Gasteiger partial charge in [0.25, 0.3) is 0 Å². The van der Waals surface area contributed by atoms with Crippen molar-refractivity contribution >= 4 is 32.8 Å². The Balaban J connectivity index is 1.49. The molecule has 4 heterocycles. The largest absolute Gasteiger partial charge is 0.379 e. The number of fused-ring (bicyclic) bond motifs is 1. The number of aryl methyl sites for hydroxylation is 1. The summed E-state index contributed by atoms with van der Waals surface area (Å²) in [6.07, 6.45) is 1.95. The number of imidazole rings is 1. The van der Waals surface area contributed by atoms with Crippen LogP contribution in [0.3, 0.4) is 0 Å². The molecule has 1 N–H and O–H groups in total. The number of nitrogens with one attached hydrogen (secondary N) is 1. The summed E-state index contributed by atoms with van der Waals surface area (Å²) < 4.78 is 7.33. The van der Waals surface area contributed by atoms with E-state index in [1.807, 2.05) is 29.0 Å². The van der Waals surface area contributed by atoms with Crippen molar-refractivity contribution in [1.29, 1.82) is 0 Å². The molecule has 4 rings (SSSR count). The molecule has 0 bridgehead atoms. The first-order valence-electron chi connectivity index (χ1n) is 7.71. The molecule has 0 amide bonds. The van der Waals surface area contributed by atoms with Crippen LogP contribution >= 0.6 is 22.7 Å². The van der Waals surface area contributed by atoms with E-state index < -0.39 is 0 Å². The van der Waals surface area contributed by atoms with Crippen molar-refractivity contribution in [1.82, 2.24) is 19.5 Å². The van der Waals surface area contributed by atoms with Gasteiger partial charge in [0.15, 0.2) is 0 Å². The predicted molar refractivity (Wildman–Crippen MR) is 93.5 cm³/mol. The molecular weight excluding hydrogens is 330 g/mol. The van der Waals surface area contributed by atoms with Crippen molar-refractivity contribution in [2.75, 3.05) is 38.2 Å². The molecule has 0 unspecified atom stereocenters. The van der Waals surface area contributed by atoms with Crippen molar-refractivity contribution < 1.29 is 4.74 Å². The van der Waals surface area contributed by atoms with E-state index in [9.17, 15) is 0 Å². The Kier molecular flexibility index (Phi) is 4.30. The minimum absolute atomic E-state index is 0.358. The number of morpholine rings is 1. The van der Waals surface area contributed by atoms with E-state index in [0.29, 0.717) is 6.04 Å². The Hall–Kier alpha value is -1.48. The van der Waals surface area contributed by atoms with Crippen LogP contribution in [0.25, 0.3) is 4.96 Å². The molecule has 0 saturated carbocycles. The smallest absolute Gasteiger partial charge is 0.214 e. The van der Waals surface area contributed by atoms with Gasteiger partial charge in [0.2, 0.25) is 10.1 Å². The van der Waals surface area contributed by atoms with Crippen LogP contribution < -0.4 is 5.32 Å². The van der Waals surface area contributed by atoms with Gasteiger partial charge in [-0.2, -0.15) is 0 Å². The third-order valence-electron chi connectivity index (χ3n) is 3.97. The molecule has 1 fully saturated rings. The minimum Gasteiger partial charge on any atom is -0.379 e. The van der Waals surface area contributed by atoms with Gasteiger partial charge in [-0.15, -0.1) is 16.4 Å².